The Morgan fingerprint density at radius 3 is 2.67 bits per heavy atom. The summed E-state index contributed by atoms with van der Waals surface area (Å²) in [4.78, 5) is 15.8. The number of aromatic nitrogens is 1. The number of nitrogens with one attached hydrogen (secondary N) is 1. The highest BCUT2D eigenvalue weighted by Gasteiger charge is 2.29. The Hall–Kier alpha value is -1.66. The molecule has 0 spiro atoms. The van der Waals surface area contributed by atoms with Crippen LogP contribution in [0.5, 0.6) is 5.75 Å². The van der Waals surface area contributed by atoms with Crippen molar-refractivity contribution in [3.05, 3.63) is 24.0 Å². The topological polar surface area (TPSA) is 69.7 Å². The number of ether oxygens (including phenoxy) is 3. The molecule has 0 saturated carbocycles. The van der Waals surface area contributed by atoms with E-state index in [9.17, 15) is 4.79 Å². The van der Waals surface area contributed by atoms with Gasteiger partial charge in [0.1, 0.15) is 12.4 Å². The average Bonchev–Trinajstić information content (AvgIpc) is 2.50. The predicted octanol–water partition coefficient (Wildman–Crippen LogP) is 1.40. The van der Waals surface area contributed by atoms with Crippen LogP contribution in [-0.2, 0) is 20.8 Å². The molecule has 1 heterocycles. The first kappa shape index (κ1) is 17.4. The van der Waals surface area contributed by atoms with Crippen molar-refractivity contribution >= 4 is 5.97 Å². The highest BCUT2D eigenvalue weighted by atomic mass is 16.5. The molecule has 6 heteroatoms. The summed E-state index contributed by atoms with van der Waals surface area (Å²) in [6.45, 7) is 5.93. The molecule has 6 nitrogen and oxygen atoms in total. The minimum absolute atomic E-state index is 0.243. The Balaban J connectivity index is 2.42. The molecule has 21 heavy (non-hydrogen) atoms. The molecule has 1 aromatic heterocycles. The van der Waals surface area contributed by atoms with Crippen LogP contribution in [0.3, 0.4) is 0 Å². The van der Waals surface area contributed by atoms with Gasteiger partial charge in [-0.1, -0.05) is 0 Å². The molecular formula is C15H24N2O4. The zero-order chi connectivity index (χ0) is 15.7. The van der Waals surface area contributed by atoms with E-state index in [1.54, 1.807) is 27.2 Å². The van der Waals surface area contributed by atoms with E-state index in [1.807, 2.05) is 12.1 Å². The van der Waals surface area contributed by atoms with Gasteiger partial charge in [-0.25, -0.2) is 0 Å². The second kappa shape index (κ2) is 8.59. The van der Waals surface area contributed by atoms with E-state index in [0.717, 1.165) is 12.2 Å². The molecule has 118 valence electrons. The summed E-state index contributed by atoms with van der Waals surface area (Å²) in [5.41, 5.74) is 0.237. The zero-order valence-electron chi connectivity index (χ0n) is 13.1. The molecule has 0 aliphatic heterocycles. The Bertz CT molecular complexity index is 432. The Morgan fingerprint density at radius 1 is 1.33 bits per heavy atom. The highest BCUT2D eigenvalue weighted by molar-refractivity contribution is 5.75. The van der Waals surface area contributed by atoms with Gasteiger partial charge in [-0.05, 0) is 26.0 Å². The highest BCUT2D eigenvalue weighted by Crippen LogP contribution is 2.19. The van der Waals surface area contributed by atoms with Gasteiger partial charge in [0.2, 0.25) is 0 Å². The molecule has 0 bridgehead atoms. The second-order valence-electron chi connectivity index (χ2n) is 5.32. The first-order valence-corrected chi connectivity index (χ1v) is 6.85. The molecule has 0 fully saturated rings. The Kier molecular flexibility index (Phi) is 7.11. The van der Waals surface area contributed by atoms with Crippen molar-refractivity contribution in [2.75, 3.05) is 34.0 Å². The van der Waals surface area contributed by atoms with E-state index in [1.165, 1.54) is 7.11 Å². The number of pyridine rings is 1. The molecular weight excluding hydrogens is 272 g/mol. The van der Waals surface area contributed by atoms with Gasteiger partial charge < -0.3 is 19.5 Å². The van der Waals surface area contributed by atoms with Gasteiger partial charge in [0.15, 0.2) is 0 Å². The minimum atomic E-state index is -0.685. The summed E-state index contributed by atoms with van der Waals surface area (Å²) in [6.07, 6.45) is 1.65. The van der Waals surface area contributed by atoms with Crippen molar-refractivity contribution in [1.29, 1.82) is 0 Å². The lowest BCUT2D eigenvalue weighted by Gasteiger charge is -2.21. The van der Waals surface area contributed by atoms with Crippen molar-refractivity contribution in [3.8, 4) is 5.75 Å². The normalized spacial score (nSPS) is 11.2. The molecule has 0 amide bonds. The molecule has 1 rings (SSSR count). The fourth-order valence-corrected chi connectivity index (χ4v) is 1.59. The largest absolute Gasteiger partial charge is 0.491 e. The van der Waals surface area contributed by atoms with Crippen LogP contribution in [-0.4, -0.2) is 44.9 Å². The summed E-state index contributed by atoms with van der Waals surface area (Å²) in [5, 5.41) is 3.21. The summed E-state index contributed by atoms with van der Waals surface area (Å²) in [5.74, 6) is 0.335. The van der Waals surface area contributed by atoms with E-state index in [-0.39, 0.29) is 12.6 Å². The molecule has 0 atom stereocenters. The van der Waals surface area contributed by atoms with E-state index >= 15 is 0 Å². The summed E-state index contributed by atoms with van der Waals surface area (Å²) >= 11 is 0. The third-order valence-corrected chi connectivity index (χ3v) is 2.92. The predicted molar refractivity (Wildman–Crippen MR) is 79.1 cm³/mol. The van der Waals surface area contributed by atoms with Crippen LogP contribution in [0.25, 0.3) is 0 Å². The molecule has 0 aliphatic rings. The quantitative estimate of drug-likeness (QED) is 0.548. The molecule has 0 aromatic carbocycles. The molecule has 1 N–H and O–H groups in total. The van der Waals surface area contributed by atoms with E-state index < -0.39 is 5.41 Å². The monoisotopic (exact) mass is 296 g/mol. The summed E-state index contributed by atoms with van der Waals surface area (Å²) in [6, 6.07) is 3.73. The lowest BCUT2D eigenvalue weighted by atomic mass is 9.95. The van der Waals surface area contributed by atoms with Crippen LogP contribution in [0.1, 0.15) is 19.5 Å². The van der Waals surface area contributed by atoms with Crippen LogP contribution >= 0.6 is 0 Å². The zero-order valence-corrected chi connectivity index (χ0v) is 13.1. The lowest BCUT2D eigenvalue weighted by Crippen LogP contribution is -2.32. The standard InChI is InChI=1S/C15H24N2O4/c1-15(2,14(18)20-4)11-21-13-6-5-12(17-10-13)9-16-7-8-19-3/h5-6,10,16H,7-9,11H2,1-4H3. The van der Waals surface area contributed by atoms with Gasteiger partial charge in [0.05, 0.1) is 31.0 Å². The maximum absolute atomic E-state index is 11.5. The minimum Gasteiger partial charge on any atom is -0.491 e. The molecule has 0 saturated heterocycles. The number of nitrogens with zero attached hydrogens (tertiary/aromatic N) is 1. The van der Waals surface area contributed by atoms with Gasteiger partial charge >= 0.3 is 5.97 Å². The number of methoxy groups -OCH3 is 2. The molecule has 1 aromatic rings. The molecule has 0 aliphatic carbocycles. The third-order valence-electron chi connectivity index (χ3n) is 2.92. The Morgan fingerprint density at radius 2 is 2.10 bits per heavy atom. The van der Waals surface area contributed by atoms with Gasteiger partial charge in [0, 0.05) is 20.2 Å². The Labute approximate surface area is 125 Å². The smallest absolute Gasteiger partial charge is 0.314 e. The number of carbonyl (C=O) groups excluding carboxylic acids is 1. The maximum Gasteiger partial charge on any atom is 0.314 e. The molecule has 0 radical (unpaired) electrons. The van der Waals surface area contributed by atoms with E-state index in [0.29, 0.717) is 18.9 Å². The van der Waals surface area contributed by atoms with Gasteiger partial charge in [-0.15, -0.1) is 0 Å². The number of esters is 1. The average molecular weight is 296 g/mol. The fourth-order valence-electron chi connectivity index (χ4n) is 1.59. The number of hydrogen-bond acceptors (Lipinski definition) is 6. The first-order chi connectivity index (χ1) is 9.99. The first-order valence-electron chi connectivity index (χ1n) is 6.85. The van der Waals surface area contributed by atoms with Crippen LogP contribution in [0.4, 0.5) is 0 Å². The second-order valence-corrected chi connectivity index (χ2v) is 5.32. The summed E-state index contributed by atoms with van der Waals surface area (Å²) in [7, 11) is 3.04. The molecule has 0 unspecified atom stereocenters. The van der Waals surface area contributed by atoms with E-state index in [4.69, 9.17) is 14.2 Å². The van der Waals surface area contributed by atoms with Crippen molar-refractivity contribution in [2.24, 2.45) is 5.41 Å². The summed E-state index contributed by atoms with van der Waals surface area (Å²) < 4.78 is 15.3. The van der Waals surface area contributed by atoms with Crippen LogP contribution in [0.15, 0.2) is 18.3 Å². The SMILES string of the molecule is COCCNCc1ccc(OCC(C)(C)C(=O)OC)cn1. The van der Waals surface area contributed by atoms with Gasteiger partial charge in [-0.2, -0.15) is 0 Å². The van der Waals surface area contributed by atoms with E-state index in [2.05, 4.69) is 10.3 Å². The lowest BCUT2D eigenvalue weighted by molar-refractivity contribution is -0.152. The third kappa shape index (κ3) is 6.10. The van der Waals surface area contributed by atoms with Gasteiger partial charge in [0.25, 0.3) is 0 Å². The van der Waals surface area contributed by atoms with Crippen molar-refractivity contribution in [1.82, 2.24) is 10.3 Å². The number of rotatable bonds is 9. The van der Waals surface area contributed by atoms with Crippen molar-refractivity contribution < 1.29 is 19.0 Å². The van der Waals surface area contributed by atoms with Crippen LogP contribution in [0, 0.1) is 5.41 Å². The van der Waals surface area contributed by atoms with Crippen LogP contribution in [0.2, 0.25) is 0 Å². The van der Waals surface area contributed by atoms with Crippen molar-refractivity contribution in [3.63, 3.8) is 0 Å². The fraction of sp³-hybridized carbons (Fsp3) is 0.600. The number of hydrogen-bond donors (Lipinski definition) is 1. The number of carbonyl (C=O) groups is 1. The van der Waals surface area contributed by atoms with Gasteiger partial charge in [-0.3, -0.25) is 9.78 Å². The van der Waals surface area contributed by atoms with Crippen molar-refractivity contribution in [2.45, 2.75) is 20.4 Å². The maximum atomic E-state index is 11.5. The van der Waals surface area contributed by atoms with Crippen LogP contribution < -0.4 is 10.1 Å².